The highest BCUT2D eigenvalue weighted by Gasteiger charge is 2.16. The zero-order valence-electron chi connectivity index (χ0n) is 10.4. The van der Waals surface area contributed by atoms with Crippen LogP contribution in [0.5, 0.6) is 0 Å². The summed E-state index contributed by atoms with van der Waals surface area (Å²) < 4.78 is 27.2. The minimum atomic E-state index is -0.780. The molecule has 0 bridgehead atoms. The highest BCUT2D eigenvalue weighted by atomic mass is 19.1. The van der Waals surface area contributed by atoms with Gasteiger partial charge in [0.05, 0.1) is 5.56 Å². The fraction of sp³-hybridized carbons (Fsp3) is 0. The first-order valence-corrected chi connectivity index (χ1v) is 5.82. The van der Waals surface area contributed by atoms with Crippen LogP contribution in [0.4, 0.5) is 14.7 Å². The summed E-state index contributed by atoms with van der Waals surface area (Å²) >= 11 is 0. The first kappa shape index (κ1) is 12.9. The highest BCUT2D eigenvalue weighted by molar-refractivity contribution is 6.01. The predicted octanol–water partition coefficient (Wildman–Crippen LogP) is 1.73. The van der Waals surface area contributed by atoms with Gasteiger partial charge >= 0.3 is 0 Å². The number of hydrogen-bond acceptors (Lipinski definition) is 4. The average molecular weight is 290 g/mol. The molecule has 0 atom stereocenters. The normalized spacial score (nSPS) is 10.6. The lowest BCUT2D eigenvalue weighted by Crippen LogP contribution is -2.13. The summed E-state index contributed by atoms with van der Waals surface area (Å²) in [4.78, 5) is 15.6. The number of nitrogens with one attached hydrogen (secondary N) is 3. The van der Waals surface area contributed by atoms with E-state index in [2.05, 4.69) is 30.7 Å². The van der Waals surface area contributed by atoms with Gasteiger partial charge in [0, 0.05) is 6.20 Å². The number of anilines is 1. The molecule has 0 aliphatic rings. The number of nitrogens with zero attached hydrogens (tertiary/aromatic N) is 3. The first-order valence-electron chi connectivity index (χ1n) is 5.82. The summed E-state index contributed by atoms with van der Waals surface area (Å²) in [5, 5.41) is 14.5. The molecule has 3 rings (SSSR count). The number of amides is 1. The van der Waals surface area contributed by atoms with Gasteiger partial charge in [0.2, 0.25) is 5.95 Å². The van der Waals surface area contributed by atoms with E-state index in [1.807, 2.05) is 0 Å². The summed E-state index contributed by atoms with van der Waals surface area (Å²) in [6, 6.07) is 4.90. The standard InChI is InChI=1S/C12H8F2N6O/c13-6-2-1-3-7(14)9(6)10-16-12(20-19-10)17-11(21)8-4-5-15-18-8/h1-5H,(H,15,18)(H2,16,17,19,20,21). The Kier molecular flexibility index (Phi) is 3.14. The number of carbonyl (C=O) groups is 1. The fourth-order valence-electron chi connectivity index (χ4n) is 1.70. The second-order valence-corrected chi connectivity index (χ2v) is 4.03. The van der Waals surface area contributed by atoms with E-state index < -0.39 is 17.5 Å². The summed E-state index contributed by atoms with van der Waals surface area (Å²) in [5.41, 5.74) is -0.134. The molecule has 0 saturated carbocycles. The molecule has 2 aromatic heterocycles. The largest absolute Gasteiger partial charge is 0.288 e. The maximum atomic E-state index is 13.6. The molecule has 0 aliphatic carbocycles. The molecule has 2 heterocycles. The monoisotopic (exact) mass is 290 g/mol. The van der Waals surface area contributed by atoms with Crippen LogP contribution >= 0.6 is 0 Å². The van der Waals surface area contributed by atoms with E-state index in [9.17, 15) is 13.6 Å². The molecule has 106 valence electrons. The van der Waals surface area contributed by atoms with Crippen molar-refractivity contribution in [1.29, 1.82) is 0 Å². The molecule has 9 heteroatoms. The summed E-state index contributed by atoms with van der Waals surface area (Å²) in [5.74, 6) is -2.31. The Hall–Kier alpha value is -3.10. The average Bonchev–Trinajstić information content (AvgIpc) is 3.10. The van der Waals surface area contributed by atoms with E-state index in [1.165, 1.54) is 18.3 Å². The molecule has 0 unspecified atom stereocenters. The van der Waals surface area contributed by atoms with Crippen molar-refractivity contribution in [3.8, 4) is 11.4 Å². The van der Waals surface area contributed by atoms with E-state index in [0.717, 1.165) is 12.1 Å². The van der Waals surface area contributed by atoms with E-state index in [4.69, 9.17) is 0 Å². The van der Waals surface area contributed by atoms with Gasteiger partial charge in [-0.2, -0.15) is 10.1 Å². The van der Waals surface area contributed by atoms with Gasteiger partial charge in [0.1, 0.15) is 17.3 Å². The van der Waals surface area contributed by atoms with Crippen molar-refractivity contribution in [2.45, 2.75) is 0 Å². The number of aromatic nitrogens is 5. The number of H-pyrrole nitrogens is 2. The number of rotatable bonds is 3. The summed E-state index contributed by atoms with van der Waals surface area (Å²) in [6.45, 7) is 0. The molecule has 0 aliphatic heterocycles. The third-order valence-corrected chi connectivity index (χ3v) is 2.66. The number of benzene rings is 1. The van der Waals surface area contributed by atoms with E-state index in [-0.39, 0.29) is 23.0 Å². The number of aromatic amines is 2. The van der Waals surface area contributed by atoms with Crippen molar-refractivity contribution in [3.63, 3.8) is 0 Å². The molecule has 21 heavy (non-hydrogen) atoms. The lowest BCUT2D eigenvalue weighted by Gasteiger charge is -1.99. The molecule has 7 nitrogen and oxygen atoms in total. The van der Waals surface area contributed by atoms with Crippen molar-refractivity contribution < 1.29 is 13.6 Å². The second kappa shape index (κ2) is 5.12. The Bertz CT molecular complexity index is 763. The van der Waals surface area contributed by atoms with Crippen LogP contribution in [-0.2, 0) is 0 Å². The molecule has 1 amide bonds. The molecule has 0 saturated heterocycles. The number of hydrogen-bond donors (Lipinski definition) is 3. The lowest BCUT2D eigenvalue weighted by atomic mass is 10.2. The zero-order chi connectivity index (χ0) is 14.8. The van der Waals surface area contributed by atoms with Gasteiger partial charge in [-0.05, 0) is 18.2 Å². The van der Waals surface area contributed by atoms with Crippen LogP contribution < -0.4 is 5.32 Å². The molecule has 3 N–H and O–H groups in total. The van der Waals surface area contributed by atoms with Crippen molar-refractivity contribution >= 4 is 11.9 Å². The van der Waals surface area contributed by atoms with Gasteiger partial charge in [-0.25, -0.2) is 8.78 Å². The van der Waals surface area contributed by atoms with Gasteiger partial charge in [0.15, 0.2) is 5.82 Å². The number of halogens is 2. The van der Waals surface area contributed by atoms with Crippen LogP contribution in [0.25, 0.3) is 11.4 Å². The Morgan fingerprint density at radius 1 is 1.14 bits per heavy atom. The molecular weight excluding hydrogens is 282 g/mol. The quantitative estimate of drug-likeness (QED) is 0.684. The summed E-state index contributed by atoms with van der Waals surface area (Å²) in [7, 11) is 0. The Morgan fingerprint density at radius 2 is 1.90 bits per heavy atom. The van der Waals surface area contributed by atoms with Crippen molar-refractivity contribution in [1.82, 2.24) is 25.4 Å². The van der Waals surface area contributed by atoms with E-state index in [0.29, 0.717) is 0 Å². The number of carbonyl (C=O) groups excluding carboxylic acids is 1. The maximum Gasteiger partial charge on any atom is 0.276 e. The topological polar surface area (TPSA) is 99.3 Å². The third-order valence-electron chi connectivity index (χ3n) is 2.66. The van der Waals surface area contributed by atoms with Crippen LogP contribution in [0.3, 0.4) is 0 Å². The maximum absolute atomic E-state index is 13.6. The molecule has 1 aromatic carbocycles. The van der Waals surface area contributed by atoms with Crippen molar-refractivity contribution in [3.05, 3.63) is 47.8 Å². The van der Waals surface area contributed by atoms with Crippen LogP contribution in [0, 0.1) is 11.6 Å². The lowest BCUT2D eigenvalue weighted by molar-refractivity contribution is 0.102. The van der Waals surface area contributed by atoms with Crippen molar-refractivity contribution in [2.75, 3.05) is 5.32 Å². The Labute approximate surface area is 116 Å². The van der Waals surface area contributed by atoms with Crippen LogP contribution in [0.1, 0.15) is 10.5 Å². The Morgan fingerprint density at radius 3 is 2.57 bits per heavy atom. The smallest absolute Gasteiger partial charge is 0.276 e. The molecular formula is C12H8F2N6O. The van der Waals surface area contributed by atoms with Crippen LogP contribution in [0.2, 0.25) is 0 Å². The molecule has 0 fully saturated rings. The van der Waals surface area contributed by atoms with Crippen molar-refractivity contribution in [2.24, 2.45) is 0 Å². The third kappa shape index (κ3) is 2.48. The van der Waals surface area contributed by atoms with Crippen LogP contribution in [0.15, 0.2) is 30.5 Å². The minimum absolute atomic E-state index is 0.104. The molecule has 3 aromatic rings. The van der Waals surface area contributed by atoms with Gasteiger partial charge < -0.3 is 0 Å². The van der Waals surface area contributed by atoms with Gasteiger partial charge in [-0.15, -0.1) is 5.10 Å². The SMILES string of the molecule is O=C(Nc1n[nH]c(-c2c(F)cccc2F)n1)c1ccn[nH]1. The van der Waals surface area contributed by atoms with Gasteiger partial charge in [-0.1, -0.05) is 6.07 Å². The van der Waals surface area contributed by atoms with Crippen LogP contribution in [-0.4, -0.2) is 31.3 Å². The fourth-order valence-corrected chi connectivity index (χ4v) is 1.70. The highest BCUT2D eigenvalue weighted by Crippen LogP contribution is 2.23. The minimum Gasteiger partial charge on any atom is -0.288 e. The van der Waals surface area contributed by atoms with E-state index in [1.54, 1.807) is 0 Å². The molecule has 0 radical (unpaired) electrons. The van der Waals surface area contributed by atoms with E-state index >= 15 is 0 Å². The zero-order valence-corrected chi connectivity index (χ0v) is 10.4. The molecule has 0 spiro atoms. The second-order valence-electron chi connectivity index (χ2n) is 4.03. The summed E-state index contributed by atoms with van der Waals surface area (Å²) in [6.07, 6.45) is 1.41. The Balaban J connectivity index is 1.85. The first-order chi connectivity index (χ1) is 10.1. The van der Waals surface area contributed by atoms with Gasteiger partial charge in [-0.3, -0.25) is 20.3 Å². The van der Waals surface area contributed by atoms with Gasteiger partial charge in [0.25, 0.3) is 5.91 Å². The predicted molar refractivity (Wildman–Crippen MR) is 68.3 cm³/mol.